The normalized spacial score (nSPS) is 19.1. The van der Waals surface area contributed by atoms with Crippen molar-refractivity contribution in [1.82, 2.24) is 3.71 Å². The SMILES string of the molecule is CCN1C(=O)C2(CC(N(S(=O)(=O)c3ccc(C)cc3)S(=O)(=O)c3ccc(C)cc3)=CO2)c2ccccc21. The molecule has 3 aromatic carbocycles. The number of carbonyl (C=O) groups excluding carboxylic acids is 1. The number of carbonyl (C=O) groups is 1. The Morgan fingerprint density at radius 3 is 1.86 bits per heavy atom. The van der Waals surface area contributed by atoms with E-state index in [4.69, 9.17) is 4.74 Å². The molecule has 0 N–H and O–H groups in total. The largest absolute Gasteiger partial charge is 0.478 e. The second-order valence-corrected chi connectivity index (χ2v) is 12.9. The second-order valence-electron chi connectivity index (χ2n) is 9.13. The highest BCUT2D eigenvalue weighted by Crippen LogP contribution is 2.51. The summed E-state index contributed by atoms with van der Waals surface area (Å²) in [6.45, 7) is 5.81. The first-order chi connectivity index (χ1) is 17.5. The van der Waals surface area contributed by atoms with Gasteiger partial charge < -0.3 is 9.64 Å². The number of benzene rings is 3. The van der Waals surface area contributed by atoms with E-state index in [9.17, 15) is 21.6 Å². The number of likely N-dealkylation sites (N-methyl/N-ethyl adjacent to an activating group) is 1. The van der Waals surface area contributed by atoms with Crippen molar-refractivity contribution in [3.8, 4) is 0 Å². The van der Waals surface area contributed by atoms with Gasteiger partial charge in [-0.25, -0.2) is 16.8 Å². The van der Waals surface area contributed by atoms with E-state index in [2.05, 4.69) is 0 Å². The molecule has 10 heteroatoms. The minimum atomic E-state index is -4.61. The molecule has 3 aromatic rings. The zero-order valence-corrected chi connectivity index (χ0v) is 22.2. The third-order valence-electron chi connectivity index (χ3n) is 6.67. The predicted molar refractivity (Wildman–Crippen MR) is 139 cm³/mol. The summed E-state index contributed by atoms with van der Waals surface area (Å²) in [6.07, 6.45) is 0.820. The third-order valence-corrected chi connectivity index (χ3v) is 10.9. The Morgan fingerprint density at radius 1 is 0.838 bits per heavy atom. The van der Waals surface area contributed by atoms with Gasteiger partial charge in [-0.05, 0) is 51.1 Å². The Bertz CT molecular complexity index is 1550. The molecule has 0 radical (unpaired) electrons. The molecule has 1 amide bonds. The average Bonchev–Trinajstić information content (AvgIpc) is 3.39. The summed E-state index contributed by atoms with van der Waals surface area (Å²) >= 11 is 0. The minimum Gasteiger partial charge on any atom is -0.478 e. The van der Waals surface area contributed by atoms with E-state index in [1.165, 1.54) is 24.3 Å². The first kappa shape index (κ1) is 25.0. The van der Waals surface area contributed by atoms with Gasteiger partial charge in [-0.2, -0.15) is 3.71 Å². The van der Waals surface area contributed by atoms with Crippen molar-refractivity contribution in [2.75, 3.05) is 11.4 Å². The van der Waals surface area contributed by atoms with Crippen LogP contribution in [-0.4, -0.2) is 33.0 Å². The second kappa shape index (κ2) is 8.74. The van der Waals surface area contributed by atoms with Crippen LogP contribution in [0.1, 0.15) is 30.0 Å². The van der Waals surface area contributed by atoms with Crippen LogP contribution in [0.4, 0.5) is 5.69 Å². The first-order valence-corrected chi connectivity index (χ1v) is 14.6. The fourth-order valence-corrected chi connectivity index (χ4v) is 8.48. The Balaban J connectivity index is 1.65. The van der Waals surface area contributed by atoms with Crippen molar-refractivity contribution in [1.29, 1.82) is 0 Å². The van der Waals surface area contributed by atoms with Gasteiger partial charge in [-0.3, -0.25) is 4.79 Å². The summed E-state index contributed by atoms with van der Waals surface area (Å²) in [5, 5.41) is 0. The average molecular weight is 539 g/mol. The van der Waals surface area contributed by atoms with Crippen LogP contribution >= 0.6 is 0 Å². The quantitative estimate of drug-likeness (QED) is 0.466. The van der Waals surface area contributed by atoms with Gasteiger partial charge in [0.25, 0.3) is 26.0 Å². The van der Waals surface area contributed by atoms with Gasteiger partial charge in [0, 0.05) is 18.5 Å². The highest BCUT2D eigenvalue weighted by atomic mass is 32.3. The van der Waals surface area contributed by atoms with E-state index in [1.807, 2.05) is 6.92 Å². The lowest BCUT2D eigenvalue weighted by atomic mass is 9.92. The number of anilines is 1. The lowest BCUT2D eigenvalue weighted by Gasteiger charge is -2.27. The van der Waals surface area contributed by atoms with Crippen molar-refractivity contribution >= 4 is 31.6 Å². The Kier molecular flexibility index (Phi) is 5.91. The van der Waals surface area contributed by atoms with E-state index < -0.39 is 25.6 Å². The van der Waals surface area contributed by atoms with Crippen LogP contribution in [0.3, 0.4) is 0 Å². The summed E-state index contributed by atoms with van der Waals surface area (Å²) in [5.41, 5.74) is 1.16. The topological polar surface area (TPSA) is 101 Å². The van der Waals surface area contributed by atoms with Gasteiger partial charge >= 0.3 is 0 Å². The van der Waals surface area contributed by atoms with Crippen molar-refractivity contribution < 1.29 is 26.4 Å². The Labute approximate surface area is 216 Å². The van der Waals surface area contributed by atoms with Crippen LogP contribution in [0.2, 0.25) is 0 Å². The third kappa shape index (κ3) is 3.82. The maximum Gasteiger partial charge on any atom is 0.277 e. The number of para-hydroxylation sites is 1. The molecular formula is C27H26N2O6S2. The molecule has 2 aliphatic heterocycles. The highest BCUT2D eigenvalue weighted by molar-refractivity contribution is 8.04. The Morgan fingerprint density at radius 2 is 1.35 bits per heavy atom. The number of ether oxygens (including phenoxy) is 1. The molecule has 0 saturated heterocycles. The number of sulfonamides is 2. The van der Waals surface area contributed by atoms with Crippen LogP contribution < -0.4 is 4.90 Å². The zero-order chi connectivity index (χ0) is 26.6. The predicted octanol–water partition coefficient (Wildman–Crippen LogP) is 4.21. The lowest BCUT2D eigenvalue weighted by Crippen LogP contribution is -2.42. The van der Waals surface area contributed by atoms with Crippen molar-refractivity contribution in [3.63, 3.8) is 0 Å². The first-order valence-electron chi connectivity index (χ1n) is 11.7. The van der Waals surface area contributed by atoms with Gasteiger partial charge in [0.1, 0.15) is 6.26 Å². The number of nitrogens with zero attached hydrogens (tertiary/aromatic N) is 2. The van der Waals surface area contributed by atoms with E-state index in [0.29, 0.717) is 21.5 Å². The van der Waals surface area contributed by atoms with Crippen molar-refractivity contribution in [3.05, 3.63) is 101 Å². The van der Waals surface area contributed by atoms with E-state index >= 15 is 0 Å². The molecule has 37 heavy (non-hydrogen) atoms. The smallest absolute Gasteiger partial charge is 0.277 e. The number of amides is 1. The van der Waals surface area contributed by atoms with Gasteiger partial charge in [-0.1, -0.05) is 53.6 Å². The molecule has 2 heterocycles. The van der Waals surface area contributed by atoms with Crippen LogP contribution in [0.5, 0.6) is 0 Å². The standard InChI is InChI=1S/C27H26N2O6S2/c1-4-28-25-8-6-5-7-24(25)27(26(28)30)17-21(18-35-27)29(36(31,32)22-13-9-19(2)10-14-22)37(33,34)23-15-11-20(3)12-16-23/h5-16,18H,4,17H2,1-3H3. The van der Waals surface area contributed by atoms with Crippen LogP contribution in [0, 0.1) is 13.8 Å². The number of hydrogen-bond donors (Lipinski definition) is 0. The molecule has 0 saturated carbocycles. The summed E-state index contributed by atoms with van der Waals surface area (Å²) < 4.78 is 62.0. The summed E-state index contributed by atoms with van der Waals surface area (Å²) in [7, 11) is -9.21. The van der Waals surface area contributed by atoms with Crippen LogP contribution in [0.25, 0.3) is 0 Å². The van der Waals surface area contributed by atoms with Gasteiger partial charge in [-0.15, -0.1) is 0 Å². The maximum atomic E-state index is 13.9. The number of aryl methyl sites for hydroxylation is 2. The van der Waals surface area contributed by atoms with Crippen molar-refractivity contribution in [2.45, 2.75) is 42.6 Å². The molecular weight excluding hydrogens is 512 g/mol. The molecule has 0 aromatic heterocycles. The highest BCUT2D eigenvalue weighted by Gasteiger charge is 2.57. The zero-order valence-electron chi connectivity index (χ0n) is 20.6. The Hall–Kier alpha value is -3.63. The molecule has 1 spiro atoms. The molecule has 1 atom stereocenters. The molecule has 5 rings (SSSR count). The lowest BCUT2D eigenvalue weighted by molar-refractivity contribution is -0.135. The van der Waals surface area contributed by atoms with E-state index in [-0.39, 0.29) is 27.8 Å². The maximum absolute atomic E-state index is 13.9. The molecule has 2 aliphatic rings. The van der Waals surface area contributed by atoms with E-state index in [0.717, 1.165) is 17.4 Å². The van der Waals surface area contributed by atoms with Crippen LogP contribution in [0.15, 0.2) is 94.5 Å². The van der Waals surface area contributed by atoms with Crippen molar-refractivity contribution in [2.24, 2.45) is 0 Å². The summed E-state index contributed by atoms with van der Waals surface area (Å²) in [5.74, 6) is -0.372. The molecule has 0 bridgehead atoms. The van der Waals surface area contributed by atoms with E-state index in [1.54, 1.807) is 67.3 Å². The number of rotatable bonds is 6. The van der Waals surface area contributed by atoms with Gasteiger partial charge in [0.15, 0.2) is 0 Å². The van der Waals surface area contributed by atoms with Gasteiger partial charge in [0.05, 0.1) is 21.2 Å². The minimum absolute atomic E-state index is 0.151. The molecule has 0 aliphatic carbocycles. The summed E-state index contributed by atoms with van der Waals surface area (Å²) in [4.78, 5) is 14.7. The fourth-order valence-electron chi connectivity index (χ4n) is 4.76. The number of hydrogen-bond acceptors (Lipinski definition) is 6. The molecule has 8 nitrogen and oxygen atoms in total. The molecule has 192 valence electrons. The summed E-state index contributed by atoms with van der Waals surface area (Å²) in [6, 6.07) is 18.9. The number of fused-ring (bicyclic) bond motifs is 2. The van der Waals surface area contributed by atoms with Gasteiger partial charge in [0.2, 0.25) is 5.60 Å². The van der Waals surface area contributed by atoms with Crippen LogP contribution in [-0.2, 0) is 35.2 Å². The fraction of sp³-hybridized carbons (Fsp3) is 0.222. The molecule has 1 unspecified atom stereocenters. The monoisotopic (exact) mass is 538 g/mol. The molecule has 0 fully saturated rings.